The molecule has 4 nitrogen and oxygen atoms in total. The van der Waals surface area contributed by atoms with Gasteiger partial charge in [0.05, 0.1) is 10.7 Å². The molecule has 2 rings (SSSR count). The summed E-state index contributed by atoms with van der Waals surface area (Å²) in [6.07, 6.45) is -0.716. The summed E-state index contributed by atoms with van der Waals surface area (Å²) in [7, 11) is 0. The smallest absolute Gasteiger partial charge is 0.287 e. The lowest BCUT2D eigenvalue weighted by atomic mass is 10.0. The first-order valence-corrected chi connectivity index (χ1v) is 8.20. The van der Waals surface area contributed by atoms with Crippen LogP contribution in [0.25, 0.3) is 0 Å². The van der Waals surface area contributed by atoms with Gasteiger partial charge in [0.15, 0.2) is 6.10 Å². The van der Waals surface area contributed by atoms with Crippen LogP contribution in [0.2, 0.25) is 10.0 Å². The summed E-state index contributed by atoms with van der Waals surface area (Å²) in [6, 6.07) is 4.89. The maximum absolute atomic E-state index is 12.6. The van der Waals surface area contributed by atoms with Crippen LogP contribution in [0.1, 0.15) is 48.4 Å². The number of benzene rings is 1. The minimum atomic E-state index is -0.716. The summed E-state index contributed by atoms with van der Waals surface area (Å²) in [5, 5.41) is 5.25. The molecule has 124 valence electrons. The molecule has 0 saturated heterocycles. The van der Waals surface area contributed by atoms with Gasteiger partial charge < -0.3 is 4.74 Å². The number of carbonyl (C=O) groups excluding carboxylic acids is 1. The highest BCUT2D eigenvalue weighted by Gasteiger charge is 2.24. The van der Waals surface area contributed by atoms with Crippen molar-refractivity contribution >= 4 is 29.1 Å². The molecule has 2 aromatic rings. The van der Waals surface area contributed by atoms with Crippen LogP contribution >= 0.6 is 23.2 Å². The van der Waals surface area contributed by atoms with E-state index in [1.807, 2.05) is 13.8 Å². The lowest BCUT2D eigenvalue weighted by Gasteiger charge is -2.15. The molecule has 0 N–H and O–H groups in total. The molecule has 1 unspecified atom stereocenters. The number of aromatic nitrogens is 2. The summed E-state index contributed by atoms with van der Waals surface area (Å²) in [6.45, 7) is 9.65. The van der Waals surface area contributed by atoms with Crippen LogP contribution in [-0.2, 0) is 0 Å². The third-order valence-corrected chi connectivity index (χ3v) is 4.21. The van der Waals surface area contributed by atoms with Crippen molar-refractivity contribution in [2.45, 2.75) is 46.6 Å². The van der Waals surface area contributed by atoms with Crippen molar-refractivity contribution in [3.8, 4) is 5.75 Å². The summed E-state index contributed by atoms with van der Waals surface area (Å²) in [5.41, 5.74) is 2.80. The summed E-state index contributed by atoms with van der Waals surface area (Å²) >= 11 is 11.9. The SMILES string of the molecule is Cc1nn(C(=O)C(C)Oc2ccc(Cl)cc2Cl)c(C)c1C(C)C. The quantitative estimate of drug-likeness (QED) is 0.772. The van der Waals surface area contributed by atoms with Crippen LogP contribution < -0.4 is 4.74 Å². The Labute approximate surface area is 146 Å². The topological polar surface area (TPSA) is 44.1 Å². The predicted molar refractivity (Wildman–Crippen MR) is 93.0 cm³/mol. The Kier molecular flexibility index (Phi) is 5.37. The number of aryl methyl sites for hydroxylation is 1. The van der Waals surface area contributed by atoms with Crippen LogP contribution in [0.4, 0.5) is 0 Å². The molecule has 0 spiro atoms. The fourth-order valence-corrected chi connectivity index (χ4v) is 3.14. The zero-order valence-corrected chi connectivity index (χ0v) is 15.4. The van der Waals surface area contributed by atoms with Gasteiger partial charge in [-0.25, -0.2) is 4.68 Å². The molecule has 0 saturated carbocycles. The average Bonchev–Trinajstić information content (AvgIpc) is 2.76. The molecule has 1 aromatic heterocycles. The molecule has 23 heavy (non-hydrogen) atoms. The summed E-state index contributed by atoms with van der Waals surface area (Å²) in [4.78, 5) is 12.6. The molecular weight excluding hydrogens is 335 g/mol. The highest BCUT2D eigenvalue weighted by Crippen LogP contribution is 2.29. The number of carbonyl (C=O) groups is 1. The number of rotatable bonds is 4. The van der Waals surface area contributed by atoms with E-state index in [1.165, 1.54) is 4.68 Å². The van der Waals surface area contributed by atoms with E-state index < -0.39 is 6.10 Å². The molecule has 1 aromatic carbocycles. The first kappa shape index (κ1) is 17.8. The van der Waals surface area contributed by atoms with Crippen LogP contribution in [0.3, 0.4) is 0 Å². The van der Waals surface area contributed by atoms with Crippen LogP contribution in [0.5, 0.6) is 5.75 Å². The number of ether oxygens (including phenoxy) is 1. The minimum Gasteiger partial charge on any atom is -0.479 e. The Morgan fingerprint density at radius 2 is 1.87 bits per heavy atom. The Morgan fingerprint density at radius 3 is 2.39 bits per heavy atom. The maximum atomic E-state index is 12.6. The second kappa shape index (κ2) is 6.93. The van der Waals surface area contributed by atoms with E-state index in [2.05, 4.69) is 18.9 Å². The average molecular weight is 355 g/mol. The fraction of sp³-hybridized carbons (Fsp3) is 0.412. The molecule has 1 atom stereocenters. The molecule has 6 heteroatoms. The molecule has 1 heterocycles. The van der Waals surface area contributed by atoms with Crippen molar-refractivity contribution < 1.29 is 9.53 Å². The van der Waals surface area contributed by atoms with Gasteiger partial charge in [0.1, 0.15) is 5.75 Å². The third kappa shape index (κ3) is 3.70. The Hall–Kier alpha value is -1.52. The minimum absolute atomic E-state index is 0.233. The third-order valence-electron chi connectivity index (χ3n) is 3.68. The molecule has 0 aliphatic carbocycles. The van der Waals surface area contributed by atoms with Crippen molar-refractivity contribution in [2.75, 3.05) is 0 Å². The van der Waals surface area contributed by atoms with E-state index >= 15 is 0 Å². The lowest BCUT2D eigenvalue weighted by molar-refractivity contribution is 0.0707. The predicted octanol–water partition coefficient (Wildman–Crippen LogP) is 5.04. The Morgan fingerprint density at radius 1 is 1.22 bits per heavy atom. The van der Waals surface area contributed by atoms with Crippen molar-refractivity contribution in [2.24, 2.45) is 0 Å². The molecule has 0 aliphatic rings. The van der Waals surface area contributed by atoms with Gasteiger partial charge in [-0.05, 0) is 50.5 Å². The molecular formula is C17H20Cl2N2O2. The van der Waals surface area contributed by atoms with Crippen LogP contribution in [0.15, 0.2) is 18.2 Å². The van der Waals surface area contributed by atoms with Gasteiger partial charge in [0.2, 0.25) is 0 Å². The van der Waals surface area contributed by atoms with Gasteiger partial charge in [0, 0.05) is 10.7 Å². The fourth-order valence-electron chi connectivity index (χ4n) is 2.69. The van der Waals surface area contributed by atoms with Gasteiger partial charge in [0.25, 0.3) is 5.91 Å². The van der Waals surface area contributed by atoms with E-state index in [0.29, 0.717) is 21.7 Å². The summed E-state index contributed by atoms with van der Waals surface area (Å²) < 4.78 is 7.10. The number of nitrogens with zero attached hydrogens (tertiary/aromatic N) is 2. The first-order chi connectivity index (χ1) is 10.7. The second-order valence-electron chi connectivity index (χ2n) is 5.82. The zero-order chi connectivity index (χ0) is 17.3. The zero-order valence-electron chi connectivity index (χ0n) is 13.9. The van der Waals surface area contributed by atoms with Crippen LogP contribution in [-0.4, -0.2) is 21.8 Å². The van der Waals surface area contributed by atoms with Crippen molar-refractivity contribution in [1.29, 1.82) is 0 Å². The molecule has 0 radical (unpaired) electrons. The molecule has 0 bridgehead atoms. The van der Waals surface area contributed by atoms with Gasteiger partial charge in [-0.1, -0.05) is 37.0 Å². The molecule has 0 fully saturated rings. The van der Waals surface area contributed by atoms with Gasteiger partial charge in [-0.3, -0.25) is 4.79 Å². The van der Waals surface area contributed by atoms with E-state index in [9.17, 15) is 4.79 Å². The van der Waals surface area contributed by atoms with Gasteiger partial charge in [-0.15, -0.1) is 0 Å². The number of halogens is 2. The standard InChI is InChI=1S/C17H20Cl2N2O2/c1-9(2)16-10(3)20-21(11(16)4)17(22)12(5)23-15-7-6-13(18)8-14(15)19/h6-9,12H,1-5H3. The van der Waals surface area contributed by atoms with Crippen molar-refractivity contribution in [1.82, 2.24) is 9.78 Å². The van der Waals surface area contributed by atoms with E-state index in [0.717, 1.165) is 17.0 Å². The number of hydrogen-bond donors (Lipinski definition) is 0. The summed E-state index contributed by atoms with van der Waals surface area (Å²) in [5.74, 6) is 0.490. The van der Waals surface area contributed by atoms with Crippen molar-refractivity contribution in [3.05, 3.63) is 45.2 Å². The first-order valence-electron chi connectivity index (χ1n) is 7.44. The largest absolute Gasteiger partial charge is 0.479 e. The van der Waals surface area contributed by atoms with E-state index in [-0.39, 0.29) is 5.91 Å². The number of hydrogen-bond acceptors (Lipinski definition) is 3. The normalized spacial score (nSPS) is 12.5. The highest BCUT2D eigenvalue weighted by molar-refractivity contribution is 6.35. The van der Waals surface area contributed by atoms with E-state index in [1.54, 1.807) is 25.1 Å². The lowest BCUT2D eigenvalue weighted by Crippen LogP contribution is -2.31. The second-order valence-corrected chi connectivity index (χ2v) is 6.67. The Balaban J connectivity index is 2.25. The maximum Gasteiger partial charge on any atom is 0.287 e. The van der Waals surface area contributed by atoms with Gasteiger partial charge in [-0.2, -0.15) is 5.10 Å². The molecule has 0 aliphatic heterocycles. The monoisotopic (exact) mass is 354 g/mol. The van der Waals surface area contributed by atoms with Crippen LogP contribution in [0, 0.1) is 13.8 Å². The highest BCUT2D eigenvalue weighted by atomic mass is 35.5. The van der Waals surface area contributed by atoms with Crippen molar-refractivity contribution in [3.63, 3.8) is 0 Å². The molecule has 0 amide bonds. The Bertz CT molecular complexity index is 738. The van der Waals surface area contributed by atoms with E-state index in [4.69, 9.17) is 27.9 Å². The van der Waals surface area contributed by atoms with Gasteiger partial charge >= 0.3 is 0 Å².